The third kappa shape index (κ3) is 2.03. The fourth-order valence-corrected chi connectivity index (χ4v) is 0.782. The summed E-state index contributed by atoms with van der Waals surface area (Å²) in [6.45, 7) is -0.860. The van der Waals surface area contributed by atoms with Crippen molar-refractivity contribution >= 4 is 0 Å². The summed E-state index contributed by atoms with van der Waals surface area (Å²) >= 11 is 0. The molecule has 0 unspecified atom stereocenters. The lowest BCUT2D eigenvalue weighted by molar-refractivity contribution is 0.498. The van der Waals surface area contributed by atoms with E-state index in [1.807, 2.05) is 0 Å². The van der Waals surface area contributed by atoms with Crippen molar-refractivity contribution in [3.8, 4) is 0 Å². The normalized spacial score (nSPS) is 11.7. The Kier molecular flexibility index (Phi) is 2.75. The molecule has 76 valence electrons. The van der Waals surface area contributed by atoms with Crippen LogP contribution in [-0.2, 0) is 6.54 Å². The van der Waals surface area contributed by atoms with Gasteiger partial charge in [0.05, 0.1) is 6.54 Å². The number of nitrogens with one attached hydrogen (secondary N) is 2. The van der Waals surface area contributed by atoms with Gasteiger partial charge in [0.1, 0.15) is 12.2 Å². The first-order valence-corrected chi connectivity index (χ1v) is 3.43. The number of rotatable bonds is 2. The van der Waals surface area contributed by atoms with E-state index < -0.39 is 29.4 Å². The number of allylic oxidation sites excluding steroid dienone is 1. The number of halogens is 2. The smallest absolute Gasteiger partial charge is 0.259 e. The highest BCUT2D eigenvalue weighted by molar-refractivity contribution is 4.86. The van der Waals surface area contributed by atoms with Crippen molar-refractivity contribution in [2.24, 2.45) is 0 Å². The molecule has 1 rings (SSSR count). The molecule has 0 spiro atoms. The van der Waals surface area contributed by atoms with Crippen LogP contribution in [0.4, 0.5) is 8.78 Å². The molecule has 1 aromatic rings. The summed E-state index contributed by atoms with van der Waals surface area (Å²) in [5, 5.41) is 0. The van der Waals surface area contributed by atoms with E-state index in [9.17, 15) is 23.2 Å². The first kappa shape index (κ1) is 10.1. The Morgan fingerprint density at radius 3 is 2.21 bits per heavy atom. The molecule has 0 aromatic carbocycles. The molecule has 0 saturated heterocycles. The lowest BCUT2D eigenvalue weighted by Crippen LogP contribution is -2.43. The Hall–Kier alpha value is -1.99. The minimum absolute atomic E-state index is 0.312. The largest absolute Gasteiger partial charge is 0.334 e. The van der Waals surface area contributed by atoms with Crippen LogP contribution in [0.1, 0.15) is 0 Å². The van der Waals surface area contributed by atoms with E-state index in [-0.39, 0.29) is 6.33 Å². The van der Waals surface area contributed by atoms with Crippen molar-refractivity contribution < 1.29 is 8.78 Å². The number of aromatic amines is 2. The van der Waals surface area contributed by atoms with Gasteiger partial charge in [0.25, 0.3) is 0 Å². The van der Waals surface area contributed by atoms with Gasteiger partial charge in [-0.1, -0.05) is 0 Å². The zero-order valence-electron chi connectivity index (χ0n) is 6.71. The van der Waals surface area contributed by atoms with Gasteiger partial charge in [0, 0.05) is 0 Å². The molecule has 0 bridgehead atoms. The minimum Gasteiger partial charge on any atom is -0.259 e. The third-order valence-electron chi connectivity index (χ3n) is 1.36. The second-order valence-electron chi connectivity index (χ2n) is 2.33. The van der Waals surface area contributed by atoms with Crippen LogP contribution in [0.25, 0.3) is 0 Å². The Balaban J connectivity index is 3.30. The fourth-order valence-electron chi connectivity index (χ4n) is 0.782. The van der Waals surface area contributed by atoms with Crippen LogP contribution < -0.4 is 17.1 Å². The van der Waals surface area contributed by atoms with Gasteiger partial charge in [-0.05, 0) is 0 Å². The minimum atomic E-state index is -1.30. The molecule has 1 heterocycles. The number of hydrogen-bond acceptors (Lipinski definition) is 3. The molecule has 14 heavy (non-hydrogen) atoms. The summed E-state index contributed by atoms with van der Waals surface area (Å²) in [4.78, 5) is 35.7. The van der Waals surface area contributed by atoms with E-state index in [0.717, 1.165) is 0 Å². The highest BCUT2D eigenvalue weighted by Crippen LogP contribution is 1.96. The van der Waals surface area contributed by atoms with Crippen LogP contribution in [-0.4, -0.2) is 14.5 Å². The Morgan fingerprint density at radius 2 is 1.79 bits per heavy atom. The topological polar surface area (TPSA) is 87.7 Å². The van der Waals surface area contributed by atoms with Crippen molar-refractivity contribution in [3.05, 3.63) is 43.6 Å². The fraction of sp³-hybridized carbons (Fsp3) is 0.167. The van der Waals surface area contributed by atoms with Gasteiger partial charge in [-0.25, -0.2) is 27.7 Å². The molecule has 0 amide bonds. The molecule has 6 nitrogen and oxygen atoms in total. The van der Waals surface area contributed by atoms with Gasteiger partial charge < -0.3 is 0 Å². The maximum absolute atomic E-state index is 12.4. The molecule has 0 aliphatic carbocycles. The molecular formula is C6H5F2N3O3. The lowest BCUT2D eigenvalue weighted by Gasteiger charge is -1.98. The first-order chi connectivity index (χ1) is 6.54. The van der Waals surface area contributed by atoms with Crippen LogP contribution in [0.2, 0.25) is 0 Å². The van der Waals surface area contributed by atoms with Gasteiger partial charge in [0.2, 0.25) is 0 Å². The summed E-state index contributed by atoms with van der Waals surface area (Å²) in [5.74, 6) is -1.30. The van der Waals surface area contributed by atoms with Crippen LogP contribution in [0.5, 0.6) is 0 Å². The first-order valence-electron chi connectivity index (χ1n) is 3.43. The van der Waals surface area contributed by atoms with Crippen molar-refractivity contribution in [2.75, 3.05) is 0 Å². The average Bonchev–Trinajstić information content (AvgIpc) is 2.10. The molecule has 0 aliphatic rings. The van der Waals surface area contributed by atoms with Gasteiger partial charge >= 0.3 is 17.1 Å². The number of hydrogen-bond donors (Lipinski definition) is 2. The standard InChI is InChI=1S/C6H5F2N3O3/c7-1-3(8)2-11-5(13)9-4(12)10-6(11)14/h1H,2H2,(H2,9,10,12,13,14). The van der Waals surface area contributed by atoms with Crippen LogP contribution >= 0.6 is 0 Å². The van der Waals surface area contributed by atoms with E-state index in [4.69, 9.17) is 0 Å². The number of nitrogens with zero attached hydrogens (tertiary/aromatic N) is 1. The van der Waals surface area contributed by atoms with E-state index in [1.54, 1.807) is 9.97 Å². The number of aromatic nitrogens is 3. The SMILES string of the molecule is O=c1[nH]c(=O)n(CC(F)=CF)c(=O)[nH]1. The van der Waals surface area contributed by atoms with Gasteiger partial charge in [-0.3, -0.25) is 9.97 Å². The lowest BCUT2D eigenvalue weighted by atomic mass is 10.5. The monoisotopic (exact) mass is 205 g/mol. The Bertz CT molecular complexity index is 490. The Morgan fingerprint density at radius 1 is 1.29 bits per heavy atom. The highest BCUT2D eigenvalue weighted by Gasteiger charge is 2.05. The molecule has 8 heteroatoms. The predicted molar refractivity (Wildman–Crippen MR) is 42.2 cm³/mol. The molecule has 0 saturated carbocycles. The molecule has 1 aromatic heterocycles. The van der Waals surface area contributed by atoms with Gasteiger partial charge in [0.15, 0.2) is 0 Å². The quantitative estimate of drug-likeness (QED) is 0.649. The zero-order chi connectivity index (χ0) is 10.7. The van der Waals surface area contributed by atoms with Crippen LogP contribution in [0.3, 0.4) is 0 Å². The molecule has 0 aliphatic heterocycles. The summed E-state index contributed by atoms with van der Waals surface area (Å²) in [6.07, 6.45) is -0.378. The molecular weight excluding hydrogens is 200 g/mol. The molecule has 0 fully saturated rings. The zero-order valence-corrected chi connectivity index (χ0v) is 6.71. The summed E-state index contributed by atoms with van der Waals surface area (Å²) < 4.78 is 24.3. The Labute approximate surface area is 74.5 Å². The van der Waals surface area contributed by atoms with Gasteiger partial charge in [-0.15, -0.1) is 0 Å². The van der Waals surface area contributed by atoms with E-state index in [0.29, 0.717) is 4.57 Å². The summed E-state index contributed by atoms with van der Waals surface area (Å²) in [5.41, 5.74) is -3.20. The molecule has 2 N–H and O–H groups in total. The van der Waals surface area contributed by atoms with Crippen LogP contribution in [0, 0.1) is 0 Å². The number of H-pyrrole nitrogens is 2. The molecule has 0 radical (unpaired) electrons. The van der Waals surface area contributed by atoms with Gasteiger partial charge in [-0.2, -0.15) is 0 Å². The third-order valence-corrected chi connectivity index (χ3v) is 1.36. The van der Waals surface area contributed by atoms with Crippen molar-refractivity contribution in [3.63, 3.8) is 0 Å². The molecule has 0 atom stereocenters. The summed E-state index contributed by atoms with van der Waals surface area (Å²) in [7, 11) is 0. The second kappa shape index (κ2) is 3.81. The van der Waals surface area contributed by atoms with Crippen LogP contribution in [0.15, 0.2) is 26.5 Å². The van der Waals surface area contributed by atoms with Crippen molar-refractivity contribution in [1.29, 1.82) is 0 Å². The van der Waals surface area contributed by atoms with E-state index in [1.165, 1.54) is 0 Å². The van der Waals surface area contributed by atoms with Crippen molar-refractivity contribution in [1.82, 2.24) is 14.5 Å². The average molecular weight is 205 g/mol. The summed E-state index contributed by atoms with van der Waals surface area (Å²) in [6, 6.07) is 0. The van der Waals surface area contributed by atoms with E-state index in [2.05, 4.69) is 0 Å². The highest BCUT2D eigenvalue weighted by atomic mass is 19.2. The predicted octanol–water partition coefficient (Wildman–Crippen LogP) is -0.995. The second-order valence-corrected chi connectivity index (χ2v) is 2.33. The maximum atomic E-state index is 12.4. The van der Waals surface area contributed by atoms with Crippen molar-refractivity contribution in [2.45, 2.75) is 6.54 Å². The maximum Gasteiger partial charge on any atom is 0.334 e. The van der Waals surface area contributed by atoms with E-state index >= 15 is 0 Å².